The minimum absolute atomic E-state index is 0.171. The molecule has 1 aromatic carbocycles. The summed E-state index contributed by atoms with van der Waals surface area (Å²) in [6, 6.07) is 13.6. The van der Waals surface area contributed by atoms with Gasteiger partial charge in [0.2, 0.25) is 0 Å². The fraction of sp³-hybridized carbons (Fsp3) is 0.353. The van der Waals surface area contributed by atoms with Crippen molar-refractivity contribution in [1.82, 2.24) is 15.5 Å². The molecule has 0 aliphatic carbocycles. The average Bonchev–Trinajstić information content (AvgIpc) is 2.57. The molecule has 0 saturated carbocycles. The number of nitrogens with zero attached hydrogens (tertiary/aromatic N) is 3. The summed E-state index contributed by atoms with van der Waals surface area (Å²) in [7, 11) is 0. The van der Waals surface area contributed by atoms with Crippen molar-refractivity contribution in [3.05, 3.63) is 48.2 Å². The summed E-state index contributed by atoms with van der Waals surface area (Å²) in [5, 5.41) is 11.1. The normalized spacial score (nSPS) is 10.3. The molecular weight excluding hydrogens is 276 g/mol. The number of rotatable bonds is 7. The number of benzene rings is 1. The van der Waals surface area contributed by atoms with Crippen LogP contribution < -0.4 is 10.2 Å². The van der Waals surface area contributed by atoms with E-state index in [1.807, 2.05) is 41.3 Å². The van der Waals surface area contributed by atoms with Crippen LogP contribution in [-0.4, -0.2) is 29.2 Å². The van der Waals surface area contributed by atoms with Crippen LogP contribution in [0, 0.1) is 0 Å². The van der Waals surface area contributed by atoms with Gasteiger partial charge in [-0.25, -0.2) is 0 Å². The van der Waals surface area contributed by atoms with Gasteiger partial charge in [-0.1, -0.05) is 31.5 Å². The van der Waals surface area contributed by atoms with Gasteiger partial charge in [-0.15, -0.1) is 10.2 Å². The van der Waals surface area contributed by atoms with Crippen LogP contribution in [0.25, 0.3) is 0 Å². The number of unbranched alkanes of at least 4 members (excludes halogenated alkanes) is 1. The van der Waals surface area contributed by atoms with Gasteiger partial charge in [0.25, 0.3) is 5.91 Å². The highest BCUT2D eigenvalue weighted by Gasteiger charge is 2.11. The van der Waals surface area contributed by atoms with Crippen molar-refractivity contribution in [2.45, 2.75) is 26.7 Å². The van der Waals surface area contributed by atoms with Gasteiger partial charge in [0.15, 0.2) is 11.5 Å². The number of anilines is 2. The molecule has 2 rings (SSSR count). The van der Waals surface area contributed by atoms with Crippen LogP contribution >= 0.6 is 0 Å². The third-order valence-electron chi connectivity index (χ3n) is 3.36. The van der Waals surface area contributed by atoms with Crippen molar-refractivity contribution in [2.24, 2.45) is 0 Å². The minimum atomic E-state index is -0.171. The lowest BCUT2D eigenvalue weighted by molar-refractivity contribution is 0.0947. The molecule has 5 heteroatoms. The van der Waals surface area contributed by atoms with Crippen molar-refractivity contribution < 1.29 is 4.79 Å². The van der Waals surface area contributed by atoms with Crippen LogP contribution in [-0.2, 0) is 0 Å². The molecule has 1 aromatic heterocycles. The summed E-state index contributed by atoms with van der Waals surface area (Å²) >= 11 is 0. The van der Waals surface area contributed by atoms with Crippen LogP contribution in [0.2, 0.25) is 0 Å². The van der Waals surface area contributed by atoms with E-state index in [1.54, 1.807) is 6.07 Å². The van der Waals surface area contributed by atoms with Crippen LogP contribution in [0.5, 0.6) is 0 Å². The Morgan fingerprint density at radius 1 is 1.09 bits per heavy atom. The van der Waals surface area contributed by atoms with Gasteiger partial charge in [0.05, 0.1) is 0 Å². The second kappa shape index (κ2) is 8.12. The summed E-state index contributed by atoms with van der Waals surface area (Å²) in [6.45, 7) is 5.59. The van der Waals surface area contributed by atoms with Gasteiger partial charge in [-0.2, -0.15) is 0 Å². The standard InChI is InChI=1S/C17H22N4O/c1-3-5-13-18-17(22)15-11-12-16(20-19-15)21(4-2)14-9-7-6-8-10-14/h6-12H,3-5,13H2,1-2H3,(H,18,22). The first kappa shape index (κ1) is 15.9. The Morgan fingerprint density at radius 2 is 1.86 bits per heavy atom. The molecule has 1 amide bonds. The molecule has 0 unspecified atom stereocenters. The Balaban J connectivity index is 2.09. The van der Waals surface area contributed by atoms with Crippen molar-refractivity contribution >= 4 is 17.4 Å². The van der Waals surface area contributed by atoms with Crippen molar-refractivity contribution in [3.8, 4) is 0 Å². The Kier molecular flexibility index (Phi) is 5.89. The zero-order valence-corrected chi connectivity index (χ0v) is 13.1. The summed E-state index contributed by atoms with van der Waals surface area (Å²) in [6.07, 6.45) is 2.02. The SMILES string of the molecule is CCCCNC(=O)c1ccc(N(CC)c2ccccc2)nn1. The summed E-state index contributed by atoms with van der Waals surface area (Å²) in [5.41, 5.74) is 1.41. The van der Waals surface area contributed by atoms with E-state index in [4.69, 9.17) is 0 Å². The smallest absolute Gasteiger partial charge is 0.271 e. The Bertz CT molecular complexity index is 583. The van der Waals surface area contributed by atoms with Crippen molar-refractivity contribution in [2.75, 3.05) is 18.0 Å². The lowest BCUT2D eigenvalue weighted by Gasteiger charge is -2.21. The number of hydrogen-bond acceptors (Lipinski definition) is 4. The highest BCUT2D eigenvalue weighted by Crippen LogP contribution is 2.21. The van der Waals surface area contributed by atoms with E-state index in [-0.39, 0.29) is 5.91 Å². The summed E-state index contributed by atoms with van der Waals surface area (Å²) in [4.78, 5) is 14.0. The van der Waals surface area contributed by atoms with E-state index in [2.05, 4.69) is 29.4 Å². The van der Waals surface area contributed by atoms with E-state index in [0.717, 1.165) is 30.9 Å². The van der Waals surface area contributed by atoms with E-state index in [9.17, 15) is 4.79 Å². The Hall–Kier alpha value is -2.43. The van der Waals surface area contributed by atoms with E-state index < -0.39 is 0 Å². The topological polar surface area (TPSA) is 58.1 Å². The molecule has 22 heavy (non-hydrogen) atoms. The maximum Gasteiger partial charge on any atom is 0.271 e. The number of carbonyl (C=O) groups excluding carboxylic acids is 1. The molecule has 1 N–H and O–H groups in total. The maximum absolute atomic E-state index is 11.9. The van der Waals surface area contributed by atoms with Gasteiger partial charge in [-0.3, -0.25) is 4.79 Å². The third-order valence-corrected chi connectivity index (χ3v) is 3.36. The Morgan fingerprint density at radius 3 is 2.45 bits per heavy atom. The molecule has 0 aliphatic rings. The summed E-state index contributed by atoms with van der Waals surface area (Å²) in [5.74, 6) is 0.564. The quantitative estimate of drug-likeness (QED) is 0.798. The third kappa shape index (κ3) is 4.04. The first-order valence-corrected chi connectivity index (χ1v) is 7.70. The molecule has 0 bridgehead atoms. The lowest BCUT2D eigenvalue weighted by Crippen LogP contribution is -2.26. The highest BCUT2D eigenvalue weighted by molar-refractivity contribution is 5.92. The molecule has 1 heterocycles. The van der Waals surface area contributed by atoms with E-state index >= 15 is 0 Å². The van der Waals surface area contributed by atoms with E-state index in [1.165, 1.54) is 0 Å². The average molecular weight is 298 g/mol. The van der Waals surface area contributed by atoms with Crippen LogP contribution in [0.15, 0.2) is 42.5 Å². The molecule has 0 aliphatic heterocycles. The molecule has 0 fully saturated rings. The second-order valence-electron chi connectivity index (χ2n) is 4.97. The molecule has 2 aromatic rings. The monoisotopic (exact) mass is 298 g/mol. The molecule has 0 saturated heterocycles. The molecule has 116 valence electrons. The molecule has 0 radical (unpaired) electrons. The van der Waals surface area contributed by atoms with E-state index in [0.29, 0.717) is 12.2 Å². The molecule has 0 atom stereocenters. The predicted molar refractivity (Wildman–Crippen MR) is 88.4 cm³/mol. The summed E-state index contributed by atoms with van der Waals surface area (Å²) < 4.78 is 0. The van der Waals surface area contributed by atoms with Crippen molar-refractivity contribution in [3.63, 3.8) is 0 Å². The maximum atomic E-state index is 11.9. The number of para-hydroxylation sites is 1. The highest BCUT2D eigenvalue weighted by atomic mass is 16.1. The minimum Gasteiger partial charge on any atom is -0.351 e. The number of aromatic nitrogens is 2. The first-order valence-electron chi connectivity index (χ1n) is 7.70. The molecule has 0 spiro atoms. The molecular formula is C17H22N4O. The number of nitrogens with one attached hydrogen (secondary N) is 1. The zero-order chi connectivity index (χ0) is 15.8. The van der Waals surface area contributed by atoms with Crippen LogP contribution in [0.3, 0.4) is 0 Å². The van der Waals surface area contributed by atoms with Gasteiger partial charge in [0.1, 0.15) is 0 Å². The van der Waals surface area contributed by atoms with Gasteiger partial charge < -0.3 is 10.2 Å². The fourth-order valence-corrected chi connectivity index (χ4v) is 2.14. The predicted octanol–water partition coefficient (Wildman–Crippen LogP) is 3.16. The molecule has 5 nitrogen and oxygen atoms in total. The zero-order valence-electron chi connectivity index (χ0n) is 13.1. The van der Waals surface area contributed by atoms with Gasteiger partial charge >= 0.3 is 0 Å². The van der Waals surface area contributed by atoms with Crippen LogP contribution in [0.4, 0.5) is 11.5 Å². The number of carbonyl (C=O) groups is 1. The first-order chi connectivity index (χ1) is 10.8. The Labute approximate surface area is 131 Å². The fourth-order valence-electron chi connectivity index (χ4n) is 2.14. The van der Waals surface area contributed by atoms with Gasteiger partial charge in [0, 0.05) is 18.8 Å². The number of amides is 1. The van der Waals surface area contributed by atoms with Gasteiger partial charge in [-0.05, 0) is 37.6 Å². The van der Waals surface area contributed by atoms with Crippen molar-refractivity contribution in [1.29, 1.82) is 0 Å². The second-order valence-corrected chi connectivity index (χ2v) is 4.97. The lowest BCUT2D eigenvalue weighted by atomic mass is 10.2. The number of hydrogen-bond donors (Lipinski definition) is 1. The largest absolute Gasteiger partial charge is 0.351 e. The van der Waals surface area contributed by atoms with Crippen LogP contribution in [0.1, 0.15) is 37.2 Å².